The number of hydrogen-bond acceptors (Lipinski definition) is 4. The summed E-state index contributed by atoms with van der Waals surface area (Å²) < 4.78 is 12.0. The average Bonchev–Trinajstić information content (AvgIpc) is 2.95. The van der Waals surface area contributed by atoms with E-state index in [1.54, 1.807) is 36.4 Å². The lowest BCUT2D eigenvalue weighted by atomic mass is 10.0. The van der Waals surface area contributed by atoms with Crippen LogP contribution in [0.15, 0.2) is 108 Å². The van der Waals surface area contributed by atoms with Gasteiger partial charge in [-0.05, 0) is 59.7 Å². The van der Waals surface area contributed by atoms with E-state index in [1.165, 1.54) is 0 Å². The number of rotatable bonds is 11. The number of aldehydes is 2. The summed E-state index contributed by atoms with van der Waals surface area (Å²) in [4.78, 5) is 24.2. The molecule has 4 nitrogen and oxygen atoms in total. The predicted molar refractivity (Wildman–Crippen MR) is 153 cm³/mol. The zero-order valence-corrected chi connectivity index (χ0v) is 21.9. The second-order valence-corrected chi connectivity index (χ2v) is 9.21. The van der Waals surface area contributed by atoms with Crippen LogP contribution in [0.1, 0.15) is 22.3 Å². The Morgan fingerprint density at radius 2 is 0.921 bits per heavy atom. The Kier molecular flexibility index (Phi) is 9.52. The minimum absolute atomic E-state index is 0.218. The Balaban J connectivity index is 1.57. The largest absolute Gasteiger partial charge is 0.488 e. The summed E-state index contributed by atoms with van der Waals surface area (Å²) in [6.07, 6.45) is 4.60. The van der Waals surface area contributed by atoms with Gasteiger partial charge in [0.05, 0.1) is 0 Å². The molecule has 0 atom stereocenters. The highest BCUT2D eigenvalue weighted by Gasteiger charge is 2.10. The third kappa shape index (κ3) is 7.45. The molecule has 4 aromatic carbocycles. The maximum Gasteiger partial charge on any atom is 0.150 e. The van der Waals surface area contributed by atoms with Crippen molar-refractivity contribution in [2.75, 3.05) is 0 Å². The minimum Gasteiger partial charge on any atom is -0.488 e. The summed E-state index contributed by atoms with van der Waals surface area (Å²) >= 11 is 11.9. The number of allylic oxidation sites excluding steroid dienone is 2. The van der Waals surface area contributed by atoms with Crippen LogP contribution in [-0.4, -0.2) is 12.6 Å². The normalized spacial score (nSPS) is 11.6. The minimum atomic E-state index is 0.218. The first-order valence-corrected chi connectivity index (χ1v) is 12.6. The first kappa shape index (κ1) is 26.9. The van der Waals surface area contributed by atoms with Gasteiger partial charge in [0.1, 0.15) is 24.7 Å². The van der Waals surface area contributed by atoms with Crippen molar-refractivity contribution < 1.29 is 19.1 Å². The highest BCUT2D eigenvalue weighted by Crippen LogP contribution is 2.27. The lowest BCUT2D eigenvalue weighted by Crippen LogP contribution is -1.99. The Morgan fingerprint density at radius 3 is 1.29 bits per heavy atom. The van der Waals surface area contributed by atoms with E-state index < -0.39 is 0 Å². The first-order valence-electron chi connectivity index (χ1n) is 11.8. The van der Waals surface area contributed by atoms with Crippen LogP contribution in [0.2, 0.25) is 10.0 Å². The molecule has 0 saturated carbocycles. The Hall–Kier alpha value is -4.12. The molecule has 6 heteroatoms. The van der Waals surface area contributed by atoms with Crippen LogP contribution in [0.4, 0.5) is 0 Å². The van der Waals surface area contributed by atoms with Crippen molar-refractivity contribution >= 4 is 47.9 Å². The summed E-state index contributed by atoms with van der Waals surface area (Å²) in [5.41, 5.74) is 3.68. The van der Waals surface area contributed by atoms with E-state index in [0.29, 0.717) is 58.5 Å². The third-order valence-electron chi connectivity index (χ3n) is 5.66. The van der Waals surface area contributed by atoms with Gasteiger partial charge in [-0.2, -0.15) is 0 Å². The molecule has 0 aliphatic carbocycles. The molecule has 4 rings (SSSR count). The van der Waals surface area contributed by atoms with Crippen molar-refractivity contribution in [1.82, 2.24) is 0 Å². The molecule has 0 amide bonds. The second kappa shape index (κ2) is 13.4. The van der Waals surface area contributed by atoms with Gasteiger partial charge in [-0.1, -0.05) is 83.9 Å². The van der Waals surface area contributed by atoms with Crippen molar-refractivity contribution in [2.24, 2.45) is 0 Å². The van der Waals surface area contributed by atoms with Gasteiger partial charge in [0.15, 0.2) is 12.6 Å². The molecule has 190 valence electrons. The molecular formula is C32H24Cl2O4. The summed E-state index contributed by atoms with van der Waals surface area (Å²) in [6.45, 7) is 0.653. The molecule has 0 radical (unpaired) electrons. The highest BCUT2D eigenvalue weighted by molar-refractivity contribution is 6.30. The topological polar surface area (TPSA) is 52.6 Å². The molecule has 0 unspecified atom stereocenters. The van der Waals surface area contributed by atoms with Crippen LogP contribution >= 0.6 is 23.2 Å². The van der Waals surface area contributed by atoms with Gasteiger partial charge in [-0.15, -0.1) is 0 Å². The Labute approximate surface area is 231 Å². The van der Waals surface area contributed by atoms with E-state index in [2.05, 4.69) is 0 Å². The number of ether oxygens (including phenoxy) is 2. The van der Waals surface area contributed by atoms with E-state index in [4.69, 9.17) is 32.7 Å². The number of hydrogen-bond donors (Lipinski definition) is 0. The number of carbonyl (C=O) groups excluding carboxylic acids is 2. The number of halogens is 2. The molecule has 0 fully saturated rings. The molecule has 38 heavy (non-hydrogen) atoms. The van der Waals surface area contributed by atoms with Gasteiger partial charge in [0.2, 0.25) is 0 Å². The maximum absolute atomic E-state index is 12.1. The van der Waals surface area contributed by atoms with Crippen LogP contribution < -0.4 is 9.47 Å². The molecule has 0 spiro atoms. The van der Waals surface area contributed by atoms with Gasteiger partial charge < -0.3 is 9.47 Å². The predicted octanol–water partition coefficient (Wildman–Crippen LogP) is 8.02. The third-order valence-corrected chi connectivity index (χ3v) is 6.17. The highest BCUT2D eigenvalue weighted by atomic mass is 35.5. The molecule has 4 aromatic rings. The van der Waals surface area contributed by atoms with E-state index >= 15 is 0 Å². The standard InChI is InChI=1S/C32H24Cl2O4/c33-29-13-9-23(10-14-29)21-37-31-7-3-1-5-25(31)17-27(19-35)28(20-36)18-26-6-2-4-8-32(26)38-22-24-11-15-30(34)16-12-24/h1-20H,21-22H2/b27-17+,28-18+. The van der Waals surface area contributed by atoms with Crippen molar-refractivity contribution in [1.29, 1.82) is 0 Å². The molecule has 0 N–H and O–H groups in total. The average molecular weight is 543 g/mol. The first-order chi connectivity index (χ1) is 18.6. The van der Waals surface area contributed by atoms with Crippen LogP contribution in [0.3, 0.4) is 0 Å². The van der Waals surface area contributed by atoms with Gasteiger partial charge >= 0.3 is 0 Å². The quantitative estimate of drug-likeness (QED) is 0.109. The second-order valence-electron chi connectivity index (χ2n) is 8.34. The molecule has 0 aromatic heterocycles. The number of benzene rings is 4. The number of para-hydroxylation sites is 2. The molecule has 0 saturated heterocycles. The van der Waals surface area contributed by atoms with Gasteiger partial charge in [-0.25, -0.2) is 0 Å². The molecule has 0 aliphatic rings. The van der Waals surface area contributed by atoms with Crippen LogP contribution in [0.25, 0.3) is 12.2 Å². The molecular weight excluding hydrogens is 519 g/mol. The van der Waals surface area contributed by atoms with Gasteiger partial charge in [-0.3, -0.25) is 9.59 Å². The molecule has 0 bridgehead atoms. The monoisotopic (exact) mass is 542 g/mol. The van der Waals surface area contributed by atoms with Gasteiger partial charge in [0.25, 0.3) is 0 Å². The summed E-state index contributed by atoms with van der Waals surface area (Å²) in [7, 11) is 0. The summed E-state index contributed by atoms with van der Waals surface area (Å²) in [6, 6.07) is 29.4. The Bertz CT molecular complexity index is 1340. The van der Waals surface area contributed by atoms with Crippen LogP contribution in [0, 0.1) is 0 Å². The molecule has 0 heterocycles. The van der Waals surface area contributed by atoms with Crippen molar-refractivity contribution in [3.63, 3.8) is 0 Å². The maximum atomic E-state index is 12.1. The Morgan fingerprint density at radius 1 is 0.553 bits per heavy atom. The fourth-order valence-electron chi connectivity index (χ4n) is 3.65. The van der Waals surface area contributed by atoms with E-state index in [0.717, 1.165) is 11.1 Å². The smallest absolute Gasteiger partial charge is 0.150 e. The summed E-state index contributed by atoms with van der Waals surface area (Å²) in [5.74, 6) is 1.16. The van der Waals surface area contributed by atoms with Crippen molar-refractivity contribution in [3.8, 4) is 11.5 Å². The zero-order valence-electron chi connectivity index (χ0n) is 20.4. The fourth-order valence-corrected chi connectivity index (χ4v) is 3.90. The lowest BCUT2D eigenvalue weighted by molar-refractivity contribution is -0.107. The SMILES string of the molecule is O=CC(=C\c1ccccc1OCc1ccc(Cl)cc1)/C(C=O)=C/c1ccccc1OCc1ccc(Cl)cc1. The van der Waals surface area contributed by atoms with Crippen LogP contribution in [-0.2, 0) is 22.8 Å². The number of carbonyl (C=O) groups is 2. The fraction of sp³-hybridized carbons (Fsp3) is 0.0625. The zero-order chi connectivity index (χ0) is 26.7. The van der Waals surface area contributed by atoms with E-state index in [-0.39, 0.29) is 11.1 Å². The van der Waals surface area contributed by atoms with E-state index in [9.17, 15) is 9.59 Å². The molecule has 0 aliphatic heterocycles. The van der Waals surface area contributed by atoms with Crippen molar-refractivity contribution in [3.05, 3.63) is 141 Å². The summed E-state index contributed by atoms with van der Waals surface area (Å²) in [5, 5.41) is 1.30. The van der Waals surface area contributed by atoms with Crippen LogP contribution in [0.5, 0.6) is 11.5 Å². The lowest BCUT2D eigenvalue weighted by Gasteiger charge is -2.11. The van der Waals surface area contributed by atoms with E-state index in [1.807, 2.05) is 72.8 Å². The van der Waals surface area contributed by atoms with Gasteiger partial charge in [0, 0.05) is 32.3 Å². The van der Waals surface area contributed by atoms with Crippen molar-refractivity contribution in [2.45, 2.75) is 13.2 Å².